The van der Waals surface area contributed by atoms with Crippen molar-refractivity contribution in [2.75, 3.05) is 17.7 Å². The topological polar surface area (TPSA) is 72.5 Å². The maximum Gasteiger partial charge on any atom is 0.274 e. The molecule has 0 radical (unpaired) electrons. The number of aromatic nitrogens is 1. The predicted molar refractivity (Wildman–Crippen MR) is 111 cm³/mol. The van der Waals surface area contributed by atoms with Crippen LogP contribution in [0.3, 0.4) is 0 Å². The number of amides is 1. The summed E-state index contributed by atoms with van der Waals surface area (Å²) < 4.78 is 11.0. The van der Waals surface area contributed by atoms with Crippen molar-refractivity contribution in [2.45, 2.75) is 20.0 Å². The lowest BCUT2D eigenvalue weighted by Gasteiger charge is -2.15. The van der Waals surface area contributed by atoms with E-state index in [2.05, 4.69) is 15.6 Å². The number of benzene rings is 2. The fourth-order valence-electron chi connectivity index (χ4n) is 2.61. The Morgan fingerprint density at radius 3 is 2.57 bits per heavy atom. The van der Waals surface area contributed by atoms with Gasteiger partial charge >= 0.3 is 0 Å². The first-order valence-electron chi connectivity index (χ1n) is 8.99. The summed E-state index contributed by atoms with van der Waals surface area (Å²) in [5, 5.41) is 6.12. The van der Waals surface area contributed by atoms with Crippen LogP contribution in [0.2, 0.25) is 0 Å². The molecule has 0 fully saturated rings. The van der Waals surface area contributed by atoms with Crippen molar-refractivity contribution in [2.24, 2.45) is 0 Å². The molecule has 6 nitrogen and oxygen atoms in total. The third kappa shape index (κ3) is 5.01. The van der Waals surface area contributed by atoms with Gasteiger partial charge in [-0.15, -0.1) is 0 Å². The molecule has 6 heteroatoms. The van der Waals surface area contributed by atoms with E-state index in [9.17, 15) is 4.79 Å². The minimum absolute atomic E-state index is 0.00608. The van der Waals surface area contributed by atoms with E-state index in [0.717, 1.165) is 17.1 Å². The van der Waals surface area contributed by atoms with Crippen molar-refractivity contribution in [3.8, 4) is 11.5 Å². The SMILES string of the molecule is COc1cccc(Nc2ccnc(C(=O)Nc3ccccc3OC(C)C)c2)c1. The summed E-state index contributed by atoms with van der Waals surface area (Å²) in [7, 11) is 1.62. The quantitative estimate of drug-likeness (QED) is 0.614. The molecule has 2 aromatic carbocycles. The van der Waals surface area contributed by atoms with Crippen LogP contribution >= 0.6 is 0 Å². The number of carbonyl (C=O) groups is 1. The van der Waals surface area contributed by atoms with Gasteiger partial charge in [-0.1, -0.05) is 18.2 Å². The van der Waals surface area contributed by atoms with E-state index >= 15 is 0 Å². The van der Waals surface area contributed by atoms with Gasteiger partial charge in [0.2, 0.25) is 0 Å². The molecule has 0 bridgehead atoms. The third-order valence-electron chi connectivity index (χ3n) is 3.85. The van der Waals surface area contributed by atoms with E-state index in [4.69, 9.17) is 9.47 Å². The number of pyridine rings is 1. The Balaban J connectivity index is 1.76. The molecule has 2 N–H and O–H groups in total. The Kier molecular flexibility index (Phi) is 6.11. The smallest absolute Gasteiger partial charge is 0.274 e. The third-order valence-corrected chi connectivity index (χ3v) is 3.85. The number of anilines is 3. The number of rotatable bonds is 7. The minimum atomic E-state index is -0.311. The van der Waals surface area contributed by atoms with Gasteiger partial charge in [-0.2, -0.15) is 0 Å². The van der Waals surface area contributed by atoms with Gasteiger partial charge in [-0.25, -0.2) is 0 Å². The second-order valence-corrected chi connectivity index (χ2v) is 6.40. The van der Waals surface area contributed by atoms with E-state index in [1.54, 1.807) is 31.5 Å². The van der Waals surface area contributed by atoms with Crippen molar-refractivity contribution in [3.05, 3.63) is 72.6 Å². The summed E-state index contributed by atoms with van der Waals surface area (Å²) in [6, 6.07) is 18.4. The lowest BCUT2D eigenvalue weighted by atomic mass is 10.2. The Bertz CT molecular complexity index is 957. The molecule has 0 atom stereocenters. The second-order valence-electron chi connectivity index (χ2n) is 6.40. The molecule has 3 aromatic rings. The molecule has 0 spiro atoms. The summed E-state index contributed by atoms with van der Waals surface area (Å²) in [4.78, 5) is 16.9. The molecule has 1 heterocycles. The molecule has 0 aliphatic rings. The van der Waals surface area contributed by atoms with Gasteiger partial charge in [0.25, 0.3) is 5.91 Å². The fourth-order valence-corrected chi connectivity index (χ4v) is 2.61. The molecule has 28 heavy (non-hydrogen) atoms. The first-order valence-corrected chi connectivity index (χ1v) is 8.99. The van der Waals surface area contributed by atoms with Crippen molar-refractivity contribution >= 4 is 23.0 Å². The average molecular weight is 377 g/mol. The van der Waals surface area contributed by atoms with Crippen molar-refractivity contribution in [1.29, 1.82) is 0 Å². The largest absolute Gasteiger partial charge is 0.497 e. The Morgan fingerprint density at radius 1 is 1.00 bits per heavy atom. The highest BCUT2D eigenvalue weighted by Crippen LogP contribution is 2.26. The van der Waals surface area contributed by atoms with Crippen LogP contribution in [-0.4, -0.2) is 24.1 Å². The first kappa shape index (κ1) is 19.2. The summed E-state index contributed by atoms with van der Waals surface area (Å²) in [5.41, 5.74) is 2.51. The molecule has 144 valence electrons. The standard InChI is InChI=1S/C22H23N3O3/c1-15(2)28-21-10-5-4-9-19(21)25-22(26)20-14-17(11-12-23-20)24-16-7-6-8-18(13-16)27-3/h4-15H,1-3H3,(H,23,24)(H,25,26). The van der Waals surface area contributed by atoms with E-state index in [-0.39, 0.29) is 12.0 Å². The van der Waals surface area contributed by atoms with Crippen LogP contribution < -0.4 is 20.1 Å². The molecule has 0 aliphatic heterocycles. The molecule has 0 unspecified atom stereocenters. The maximum absolute atomic E-state index is 12.7. The van der Waals surface area contributed by atoms with Crippen LogP contribution in [0.15, 0.2) is 66.9 Å². The van der Waals surface area contributed by atoms with Crippen molar-refractivity contribution < 1.29 is 14.3 Å². The molecular formula is C22H23N3O3. The first-order chi connectivity index (χ1) is 13.5. The zero-order chi connectivity index (χ0) is 19.9. The molecule has 0 aliphatic carbocycles. The van der Waals surface area contributed by atoms with Crippen LogP contribution in [0.25, 0.3) is 0 Å². The number of para-hydroxylation sites is 2. The summed E-state index contributed by atoms with van der Waals surface area (Å²) in [6.45, 7) is 3.88. The number of hydrogen-bond donors (Lipinski definition) is 2. The van der Waals surface area contributed by atoms with Gasteiger partial charge in [0.05, 0.1) is 18.9 Å². The summed E-state index contributed by atoms with van der Waals surface area (Å²) >= 11 is 0. The van der Waals surface area contributed by atoms with Gasteiger partial charge in [0.15, 0.2) is 0 Å². The highest BCUT2D eigenvalue weighted by molar-refractivity contribution is 6.04. The lowest BCUT2D eigenvalue weighted by Crippen LogP contribution is -2.15. The Labute approximate surface area is 164 Å². The van der Waals surface area contributed by atoms with Crippen LogP contribution in [0.5, 0.6) is 11.5 Å². The predicted octanol–water partition coefficient (Wildman–Crippen LogP) is 4.87. The highest BCUT2D eigenvalue weighted by Gasteiger charge is 2.12. The number of nitrogens with zero attached hydrogens (tertiary/aromatic N) is 1. The molecule has 0 saturated heterocycles. The van der Waals surface area contributed by atoms with Crippen molar-refractivity contribution in [3.63, 3.8) is 0 Å². The van der Waals surface area contributed by atoms with Crippen LogP contribution in [0.4, 0.5) is 17.1 Å². The zero-order valence-electron chi connectivity index (χ0n) is 16.1. The van der Waals surface area contributed by atoms with Crippen LogP contribution in [0.1, 0.15) is 24.3 Å². The maximum atomic E-state index is 12.7. The molecule has 0 saturated carbocycles. The molecule has 1 aromatic heterocycles. The van der Waals surface area contributed by atoms with Gasteiger partial charge in [-0.3, -0.25) is 9.78 Å². The van der Waals surface area contributed by atoms with E-state index in [1.165, 1.54) is 0 Å². The van der Waals surface area contributed by atoms with E-state index in [0.29, 0.717) is 17.1 Å². The fraction of sp³-hybridized carbons (Fsp3) is 0.182. The normalized spacial score (nSPS) is 10.4. The minimum Gasteiger partial charge on any atom is -0.497 e. The number of hydrogen-bond acceptors (Lipinski definition) is 5. The number of carbonyl (C=O) groups excluding carboxylic acids is 1. The van der Waals surface area contributed by atoms with Gasteiger partial charge in [-0.05, 0) is 50.2 Å². The highest BCUT2D eigenvalue weighted by atomic mass is 16.5. The van der Waals surface area contributed by atoms with Gasteiger partial charge in [0, 0.05) is 23.6 Å². The lowest BCUT2D eigenvalue weighted by molar-refractivity contribution is 0.102. The number of nitrogens with one attached hydrogen (secondary N) is 2. The zero-order valence-corrected chi connectivity index (χ0v) is 16.1. The van der Waals surface area contributed by atoms with Crippen LogP contribution in [-0.2, 0) is 0 Å². The Hall–Kier alpha value is -3.54. The second kappa shape index (κ2) is 8.90. The molecular weight excluding hydrogens is 354 g/mol. The monoisotopic (exact) mass is 377 g/mol. The van der Waals surface area contributed by atoms with E-state index < -0.39 is 0 Å². The van der Waals surface area contributed by atoms with Gasteiger partial charge in [0.1, 0.15) is 17.2 Å². The molecule has 1 amide bonds. The Morgan fingerprint density at radius 2 is 1.79 bits per heavy atom. The summed E-state index contributed by atoms with van der Waals surface area (Å²) in [6.07, 6.45) is 1.60. The molecule has 3 rings (SSSR count). The summed E-state index contributed by atoms with van der Waals surface area (Å²) in [5.74, 6) is 1.06. The van der Waals surface area contributed by atoms with Crippen molar-refractivity contribution in [1.82, 2.24) is 4.98 Å². The number of methoxy groups -OCH3 is 1. The van der Waals surface area contributed by atoms with Gasteiger partial charge < -0.3 is 20.1 Å². The average Bonchev–Trinajstić information content (AvgIpc) is 2.69. The number of ether oxygens (including phenoxy) is 2. The van der Waals surface area contributed by atoms with Crippen LogP contribution in [0, 0.1) is 0 Å². The van der Waals surface area contributed by atoms with E-state index in [1.807, 2.05) is 56.3 Å².